The first kappa shape index (κ1) is 11.9. The number of aryl methyl sites for hydroxylation is 2. The predicted octanol–water partition coefficient (Wildman–Crippen LogP) is 2.66. The van der Waals surface area contributed by atoms with Crippen LogP contribution in [0.4, 0.5) is 0 Å². The number of hydrogen-bond acceptors (Lipinski definition) is 2. The fraction of sp³-hybridized carbons (Fsp3) is 0.357. The normalized spacial score (nSPS) is 12.6. The molecule has 0 fully saturated rings. The Kier molecular flexibility index (Phi) is 3.59. The maximum absolute atomic E-state index is 5.74. The molecule has 0 amide bonds. The van der Waals surface area contributed by atoms with Crippen LogP contribution in [0.1, 0.15) is 24.7 Å². The molecule has 2 aromatic rings. The van der Waals surface area contributed by atoms with Crippen LogP contribution >= 0.6 is 0 Å². The molecule has 0 aliphatic carbocycles. The second-order valence-corrected chi connectivity index (χ2v) is 4.63. The zero-order valence-electron chi connectivity index (χ0n) is 10.4. The molecule has 2 rings (SSSR count). The van der Waals surface area contributed by atoms with Crippen molar-refractivity contribution in [2.24, 2.45) is 5.73 Å². The summed E-state index contributed by atoms with van der Waals surface area (Å²) < 4.78 is 0. The van der Waals surface area contributed by atoms with Gasteiger partial charge in [-0.15, -0.1) is 0 Å². The SMILES string of the molecule is Cc1cccc(-c2cnc(CCC(C)N)[nH]2)c1. The van der Waals surface area contributed by atoms with Crippen molar-refractivity contribution in [3.05, 3.63) is 41.9 Å². The molecule has 0 radical (unpaired) electrons. The van der Waals surface area contributed by atoms with E-state index in [4.69, 9.17) is 5.73 Å². The Morgan fingerprint density at radius 1 is 1.41 bits per heavy atom. The van der Waals surface area contributed by atoms with E-state index >= 15 is 0 Å². The van der Waals surface area contributed by atoms with Crippen LogP contribution in [0.25, 0.3) is 11.3 Å². The van der Waals surface area contributed by atoms with Crippen molar-refractivity contribution >= 4 is 0 Å². The highest BCUT2D eigenvalue weighted by atomic mass is 14.9. The van der Waals surface area contributed by atoms with Crippen molar-refractivity contribution in [3.8, 4) is 11.3 Å². The van der Waals surface area contributed by atoms with Gasteiger partial charge in [-0.3, -0.25) is 0 Å². The summed E-state index contributed by atoms with van der Waals surface area (Å²) in [6.45, 7) is 4.11. The summed E-state index contributed by atoms with van der Waals surface area (Å²) in [5.41, 5.74) is 9.26. The van der Waals surface area contributed by atoms with E-state index in [9.17, 15) is 0 Å². The van der Waals surface area contributed by atoms with Crippen molar-refractivity contribution in [2.75, 3.05) is 0 Å². The summed E-state index contributed by atoms with van der Waals surface area (Å²) in [5.74, 6) is 1.01. The molecule has 1 unspecified atom stereocenters. The van der Waals surface area contributed by atoms with Gasteiger partial charge in [-0.25, -0.2) is 4.98 Å². The molecule has 0 aliphatic heterocycles. The lowest BCUT2D eigenvalue weighted by molar-refractivity contribution is 0.652. The third-order valence-electron chi connectivity index (χ3n) is 2.79. The van der Waals surface area contributed by atoms with E-state index in [0.29, 0.717) is 0 Å². The number of nitrogens with one attached hydrogen (secondary N) is 1. The van der Waals surface area contributed by atoms with Gasteiger partial charge in [0.1, 0.15) is 5.82 Å². The summed E-state index contributed by atoms with van der Waals surface area (Å²) in [5, 5.41) is 0. The smallest absolute Gasteiger partial charge is 0.106 e. The molecule has 1 aromatic heterocycles. The molecule has 0 bridgehead atoms. The van der Waals surface area contributed by atoms with Crippen LogP contribution in [0, 0.1) is 6.92 Å². The second-order valence-electron chi connectivity index (χ2n) is 4.63. The molecule has 3 heteroatoms. The number of H-pyrrole nitrogens is 1. The van der Waals surface area contributed by atoms with E-state index in [1.807, 2.05) is 13.1 Å². The quantitative estimate of drug-likeness (QED) is 0.846. The van der Waals surface area contributed by atoms with Crippen LogP contribution in [-0.2, 0) is 6.42 Å². The fourth-order valence-electron chi connectivity index (χ4n) is 1.81. The number of rotatable bonds is 4. The van der Waals surface area contributed by atoms with Crippen molar-refractivity contribution < 1.29 is 0 Å². The standard InChI is InChI=1S/C14H19N3/c1-10-4-3-5-12(8-10)13-9-16-14(17-13)7-6-11(2)15/h3-5,8-9,11H,6-7,15H2,1-2H3,(H,16,17). The van der Waals surface area contributed by atoms with Crippen molar-refractivity contribution in [3.63, 3.8) is 0 Å². The molecule has 1 atom stereocenters. The minimum Gasteiger partial charge on any atom is -0.342 e. The zero-order valence-corrected chi connectivity index (χ0v) is 10.4. The lowest BCUT2D eigenvalue weighted by Crippen LogP contribution is -2.15. The second kappa shape index (κ2) is 5.15. The highest BCUT2D eigenvalue weighted by Gasteiger charge is 2.04. The number of hydrogen-bond donors (Lipinski definition) is 2. The van der Waals surface area contributed by atoms with Gasteiger partial charge >= 0.3 is 0 Å². The first-order valence-electron chi connectivity index (χ1n) is 6.01. The van der Waals surface area contributed by atoms with Crippen molar-refractivity contribution in [1.82, 2.24) is 9.97 Å². The van der Waals surface area contributed by atoms with Gasteiger partial charge in [0, 0.05) is 12.5 Å². The first-order valence-corrected chi connectivity index (χ1v) is 6.01. The largest absolute Gasteiger partial charge is 0.342 e. The molecule has 90 valence electrons. The summed E-state index contributed by atoms with van der Waals surface area (Å²) in [4.78, 5) is 7.73. The Balaban J connectivity index is 2.12. The van der Waals surface area contributed by atoms with Gasteiger partial charge in [0.25, 0.3) is 0 Å². The van der Waals surface area contributed by atoms with E-state index in [-0.39, 0.29) is 6.04 Å². The highest BCUT2D eigenvalue weighted by molar-refractivity contribution is 5.59. The molecule has 1 heterocycles. The van der Waals surface area contributed by atoms with E-state index in [1.54, 1.807) is 0 Å². The number of imidazole rings is 1. The molecule has 17 heavy (non-hydrogen) atoms. The fourth-order valence-corrected chi connectivity index (χ4v) is 1.81. The van der Waals surface area contributed by atoms with Crippen LogP contribution in [0.3, 0.4) is 0 Å². The third kappa shape index (κ3) is 3.17. The average molecular weight is 229 g/mol. The molecule has 1 aromatic carbocycles. The van der Waals surface area contributed by atoms with E-state index in [1.165, 1.54) is 11.1 Å². The van der Waals surface area contributed by atoms with Gasteiger partial charge in [0.15, 0.2) is 0 Å². The maximum atomic E-state index is 5.74. The average Bonchev–Trinajstić information content (AvgIpc) is 2.75. The van der Waals surface area contributed by atoms with Gasteiger partial charge in [-0.05, 0) is 31.9 Å². The molecular formula is C14H19N3. The van der Waals surface area contributed by atoms with Crippen LogP contribution in [0.5, 0.6) is 0 Å². The van der Waals surface area contributed by atoms with E-state index in [0.717, 1.165) is 24.4 Å². The van der Waals surface area contributed by atoms with Crippen molar-refractivity contribution in [1.29, 1.82) is 0 Å². The van der Waals surface area contributed by atoms with Gasteiger partial charge in [0.05, 0.1) is 11.9 Å². The molecule has 0 spiro atoms. The summed E-state index contributed by atoms with van der Waals surface area (Å²) in [6, 6.07) is 8.63. The monoisotopic (exact) mass is 229 g/mol. The maximum Gasteiger partial charge on any atom is 0.106 e. The van der Waals surface area contributed by atoms with Crippen LogP contribution in [0.15, 0.2) is 30.5 Å². The first-order chi connectivity index (χ1) is 8.15. The van der Waals surface area contributed by atoms with Crippen molar-refractivity contribution in [2.45, 2.75) is 32.7 Å². The number of nitrogens with two attached hydrogens (primary N) is 1. The van der Waals surface area contributed by atoms with Gasteiger partial charge in [0.2, 0.25) is 0 Å². The Morgan fingerprint density at radius 3 is 2.94 bits per heavy atom. The van der Waals surface area contributed by atoms with Crippen LogP contribution in [0.2, 0.25) is 0 Å². The molecule has 0 saturated heterocycles. The van der Waals surface area contributed by atoms with Crippen LogP contribution in [-0.4, -0.2) is 16.0 Å². The van der Waals surface area contributed by atoms with Crippen LogP contribution < -0.4 is 5.73 Å². The number of aromatic amines is 1. The molecule has 0 aliphatic rings. The Bertz CT molecular complexity index is 486. The van der Waals surface area contributed by atoms with E-state index < -0.39 is 0 Å². The molecule has 3 N–H and O–H groups in total. The van der Waals surface area contributed by atoms with Gasteiger partial charge in [-0.2, -0.15) is 0 Å². The highest BCUT2D eigenvalue weighted by Crippen LogP contribution is 2.18. The topological polar surface area (TPSA) is 54.7 Å². The van der Waals surface area contributed by atoms with Gasteiger partial charge in [-0.1, -0.05) is 23.8 Å². The lowest BCUT2D eigenvalue weighted by Gasteiger charge is -2.02. The lowest BCUT2D eigenvalue weighted by atomic mass is 10.1. The summed E-state index contributed by atoms with van der Waals surface area (Å²) >= 11 is 0. The Morgan fingerprint density at radius 2 is 2.24 bits per heavy atom. The minimum atomic E-state index is 0.225. The van der Waals surface area contributed by atoms with E-state index in [2.05, 4.69) is 41.2 Å². The number of aromatic nitrogens is 2. The molecule has 0 saturated carbocycles. The third-order valence-corrected chi connectivity index (χ3v) is 2.79. The number of nitrogens with zero attached hydrogens (tertiary/aromatic N) is 1. The minimum absolute atomic E-state index is 0.225. The summed E-state index contributed by atoms with van der Waals surface area (Å²) in [7, 11) is 0. The van der Waals surface area contributed by atoms with Gasteiger partial charge < -0.3 is 10.7 Å². The summed E-state index contributed by atoms with van der Waals surface area (Å²) in [6.07, 6.45) is 3.76. The number of benzene rings is 1. The molecular weight excluding hydrogens is 210 g/mol. The Labute approximate surface area is 102 Å². The predicted molar refractivity (Wildman–Crippen MR) is 70.7 cm³/mol. The Hall–Kier alpha value is -1.61. The zero-order chi connectivity index (χ0) is 12.3. The molecule has 3 nitrogen and oxygen atoms in total.